The van der Waals surface area contributed by atoms with Crippen molar-refractivity contribution in [2.24, 2.45) is 0 Å². The van der Waals surface area contributed by atoms with Crippen LogP contribution in [0.4, 0.5) is 5.69 Å². The van der Waals surface area contributed by atoms with Gasteiger partial charge in [-0.3, -0.25) is 9.59 Å². The fraction of sp³-hybridized carbons (Fsp3) is 0.391. The third kappa shape index (κ3) is 5.28. The first-order valence-corrected chi connectivity index (χ1v) is 10.0. The molecule has 2 aromatic carbocycles. The Morgan fingerprint density at radius 1 is 1.00 bits per heavy atom. The molecule has 1 saturated heterocycles. The molecule has 0 saturated carbocycles. The molecule has 6 nitrogen and oxygen atoms in total. The van der Waals surface area contributed by atoms with E-state index in [9.17, 15) is 9.59 Å². The number of nitrogens with zero attached hydrogens (tertiary/aromatic N) is 2. The van der Waals surface area contributed by atoms with Crippen molar-refractivity contribution in [3.05, 3.63) is 59.7 Å². The van der Waals surface area contributed by atoms with E-state index in [-0.39, 0.29) is 18.4 Å². The van der Waals surface area contributed by atoms with Gasteiger partial charge in [0.25, 0.3) is 5.91 Å². The van der Waals surface area contributed by atoms with E-state index in [2.05, 4.69) is 42.3 Å². The Labute approximate surface area is 172 Å². The topological polar surface area (TPSA) is 61.9 Å². The quantitative estimate of drug-likeness (QED) is 0.817. The molecule has 2 aromatic rings. The van der Waals surface area contributed by atoms with Gasteiger partial charge in [-0.15, -0.1) is 0 Å². The first-order valence-electron chi connectivity index (χ1n) is 10.0. The molecule has 0 aliphatic carbocycles. The molecule has 1 unspecified atom stereocenters. The zero-order valence-corrected chi connectivity index (χ0v) is 17.4. The summed E-state index contributed by atoms with van der Waals surface area (Å²) in [5.41, 5.74) is 3.79. The second-order valence-corrected chi connectivity index (χ2v) is 7.42. The molecule has 154 valence electrons. The van der Waals surface area contributed by atoms with Crippen LogP contribution in [0.3, 0.4) is 0 Å². The molecule has 6 heteroatoms. The number of rotatable bonds is 6. The van der Waals surface area contributed by atoms with Crippen molar-refractivity contribution in [1.29, 1.82) is 0 Å². The number of benzene rings is 2. The fourth-order valence-corrected chi connectivity index (χ4v) is 3.53. The van der Waals surface area contributed by atoms with E-state index >= 15 is 0 Å². The number of carbonyl (C=O) groups is 2. The van der Waals surface area contributed by atoms with E-state index in [0.717, 1.165) is 13.1 Å². The van der Waals surface area contributed by atoms with Gasteiger partial charge in [-0.05, 0) is 50.1 Å². The molecule has 1 atom stereocenters. The molecular weight excluding hydrogens is 366 g/mol. The maximum Gasteiger partial charge on any atom is 0.258 e. The third-order valence-corrected chi connectivity index (χ3v) is 5.37. The monoisotopic (exact) mass is 395 g/mol. The highest BCUT2D eigenvalue weighted by Crippen LogP contribution is 2.24. The highest BCUT2D eigenvalue weighted by atomic mass is 16.5. The second kappa shape index (κ2) is 9.45. The SMILES string of the molecule is Cc1cccc(N2CCN(C(=O)C(C)NC(=O)COc3ccccc3)CC2)c1C. The second-order valence-electron chi connectivity index (χ2n) is 7.42. The molecule has 0 spiro atoms. The summed E-state index contributed by atoms with van der Waals surface area (Å²) in [6.45, 7) is 8.73. The minimum Gasteiger partial charge on any atom is -0.484 e. The van der Waals surface area contributed by atoms with Crippen molar-refractivity contribution in [1.82, 2.24) is 10.2 Å². The molecule has 1 fully saturated rings. The number of aryl methyl sites for hydroxylation is 1. The lowest BCUT2D eigenvalue weighted by molar-refractivity contribution is -0.136. The van der Waals surface area contributed by atoms with Gasteiger partial charge in [0.05, 0.1) is 0 Å². The predicted octanol–water partition coefficient (Wildman–Crippen LogP) is 2.54. The average Bonchev–Trinajstić information content (AvgIpc) is 2.74. The summed E-state index contributed by atoms with van der Waals surface area (Å²) >= 11 is 0. The van der Waals surface area contributed by atoms with Gasteiger partial charge in [0.1, 0.15) is 11.8 Å². The lowest BCUT2D eigenvalue weighted by Crippen LogP contribution is -2.54. The van der Waals surface area contributed by atoms with Gasteiger partial charge in [-0.25, -0.2) is 0 Å². The van der Waals surface area contributed by atoms with Crippen molar-refractivity contribution in [2.75, 3.05) is 37.7 Å². The molecule has 0 aromatic heterocycles. The minimum absolute atomic E-state index is 0.0568. The molecule has 1 aliphatic heterocycles. The van der Waals surface area contributed by atoms with Crippen LogP contribution in [0.25, 0.3) is 0 Å². The number of para-hydroxylation sites is 1. The van der Waals surface area contributed by atoms with Gasteiger partial charge in [-0.1, -0.05) is 30.3 Å². The highest BCUT2D eigenvalue weighted by molar-refractivity contribution is 5.88. The number of anilines is 1. The first kappa shape index (κ1) is 20.7. The number of amides is 2. The molecule has 1 N–H and O–H groups in total. The lowest BCUT2D eigenvalue weighted by atomic mass is 10.1. The van der Waals surface area contributed by atoms with Crippen molar-refractivity contribution >= 4 is 17.5 Å². The first-order chi connectivity index (χ1) is 14.0. The maximum atomic E-state index is 12.7. The van der Waals surface area contributed by atoms with E-state index in [1.165, 1.54) is 16.8 Å². The van der Waals surface area contributed by atoms with Gasteiger partial charge in [0.15, 0.2) is 6.61 Å². The van der Waals surface area contributed by atoms with Crippen LogP contribution in [-0.2, 0) is 9.59 Å². The summed E-state index contributed by atoms with van der Waals surface area (Å²) in [4.78, 5) is 29.0. The predicted molar refractivity (Wildman–Crippen MR) is 114 cm³/mol. The molecular formula is C23H29N3O3. The zero-order chi connectivity index (χ0) is 20.8. The average molecular weight is 396 g/mol. The molecule has 3 rings (SSSR count). The Morgan fingerprint density at radius 3 is 2.38 bits per heavy atom. The van der Waals surface area contributed by atoms with Crippen LogP contribution in [0, 0.1) is 13.8 Å². The van der Waals surface area contributed by atoms with Crippen molar-refractivity contribution < 1.29 is 14.3 Å². The molecule has 1 aliphatic rings. The summed E-state index contributed by atoms with van der Waals surface area (Å²) in [7, 11) is 0. The summed E-state index contributed by atoms with van der Waals surface area (Å²) in [6.07, 6.45) is 0. The number of piperazine rings is 1. The number of nitrogens with one attached hydrogen (secondary N) is 1. The fourth-order valence-electron chi connectivity index (χ4n) is 3.53. The zero-order valence-electron chi connectivity index (χ0n) is 17.4. The summed E-state index contributed by atoms with van der Waals surface area (Å²) in [6, 6.07) is 14.9. The van der Waals surface area contributed by atoms with Crippen molar-refractivity contribution in [3.8, 4) is 5.75 Å². The smallest absolute Gasteiger partial charge is 0.258 e. The number of hydrogen-bond donors (Lipinski definition) is 1. The summed E-state index contributed by atoms with van der Waals surface area (Å²) in [5.74, 6) is 0.270. The van der Waals surface area contributed by atoms with Gasteiger partial charge in [0, 0.05) is 31.9 Å². The van der Waals surface area contributed by atoms with Crippen LogP contribution in [0.1, 0.15) is 18.1 Å². The van der Waals surface area contributed by atoms with E-state index in [4.69, 9.17) is 4.74 Å². The molecule has 1 heterocycles. The minimum atomic E-state index is -0.575. The van der Waals surface area contributed by atoms with E-state index < -0.39 is 6.04 Å². The Kier molecular flexibility index (Phi) is 6.75. The van der Waals surface area contributed by atoms with Crippen LogP contribution >= 0.6 is 0 Å². The van der Waals surface area contributed by atoms with Gasteiger partial charge >= 0.3 is 0 Å². The third-order valence-electron chi connectivity index (χ3n) is 5.37. The summed E-state index contributed by atoms with van der Waals surface area (Å²) < 4.78 is 5.43. The Morgan fingerprint density at radius 2 is 1.69 bits per heavy atom. The van der Waals surface area contributed by atoms with E-state index in [1.54, 1.807) is 19.1 Å². The molecule has 0 bridgehead atoms. The van der Waals surface area contributed by atoms with Crippen molar-refractivity contribution in [3.63, 3.8) is 0 Å². The van der Waals surface area contributed by atoms with Gasteiger partial charge in [0.2, 0.25) is 5.91 Å². The number of hydrogen-bond acceptors (Lipinski definition) is 4. The van der Waals surface area contributed by atoms with Crippen LogP contribution < -0.4 is 15.0 Å². The lowest BCUT2D eigenvalue weighted by Gasteiger charge is -2.38. The number of ether oxygens (including phenoxy) is 1. The van der Waals surface area contributed by atoms with E-state index in [1.807, 2.05) is 23.1 Å². The molecule has 2 amide bonds. The Hall–Kier alpha value is -3.02. The van der Waals surface area contributed by atoms with E-state index in [0.29, 0.717) is 18.8 Å². The Bertz CT molecular complexity index is 846. The van der Waals surface area contributed by atoms with Crippen molar-refractivity contribution in [2.45, 2.75) is 26.8 Å². The van der Waals surface area contributed by atoms with Gasteiger partial charge in [-0.2, -0.15) is 0 Å². The standard InChI is InChI=1S/C23H29N3O3/c1-17-8-7-11-21(18(17)2)25-12-14-26(15-13-25)23(28)19(3)24-22(27)16-29-20-9-5-4-6-10-20/h4-11,19H,12-16H2,1-3H3,(H,24,27). The molecule has 29 heavy (non-hydrogen) atoms. The Balaban J connectivity index is 1.47. The molecule has 0 radical (unpaired) electrons. The van der Waals surface area contributed by atoms with Crippen LogP contribution in [-0.4, -0.2) is 55.5 Å². The van der Waals surface area contributed by atoms with Gasteiger partial charge < -0.3 is 19.9 Å². The van der Waals surface area contributed by atoms with Crippen LogP contribution in [0.5, 0.6) is 5.75 Å². The highest BCUT2D eigenvalue weighted by Gasteiger charge is 2.26. The largest absolute Gasteiger partial charge is 0.484 e. The number of carbonyl (C=O) groups excluding carboxylic acids is 2. The van der Waals surface area contributed by atoms with Crippen LogP contribution in [0.2, 0.25) is 0 Å². The normalized spacial score (nSPS) is 15.0. The van der Waals surface area contributed by atoms with Crippen LogP contribution in [0.15, 0.2) is 48.5 Å². The maximum absolute atomic E-state index is 12.7. The summed E-state index contributed by atoms with van der Waals surface area (Å²) in [5, 5.41) is 2.74.